The molecule has 0 bridgehead atoms. The van der Waals surface area contributed by atoms with Crippen LogP contribution in [0.1, 0.15) is 85.0 Å². The van der Waals surface area contributed by atoms with Gasteiger partial charge in [0.15, 0.2) is 0 Å². The van der Waals surface area contributed by atoms with Gasteiger partial charge < -0.3 is 4.74 Å². The first-order chi connectivity index (χ1) is 14.1. The number of hydrogen-bond donors (Lipinski definition) is 0. The molecule has 0 atom stereocenters. The maximum absolute atomic E-state index is 11.8. The van der Waals surface area contributed by atoms with Crippen molar-refractivity contribution in [1.29, 1.82) is 0 Å². The van der Waals surface area contributed by atoms with Crippen molar-refractivity contribution in [1.82, 2.24) is 0 Å². The molecule has 0 heterocycles. The standard InChI is InChI=1S/C27H32O2/c1-3-29-26(28)23-8-6-21(7-9-23)18-20(2)24-11-10-22-12-16-27(14-4-5-15-27)17-13-25(22)19-24/h6-11,18-19H,3-5,12-17H2,1-2H3. The van der Waals surface area contributed by atoms with Crippen molar-refractivity contribution < 1.29 is 9.53 Å². The largest absolute Gasteiger partial charge is 0.462 e. The molecule has 2 aliphatic carbocycles. The molecule has 2 heteroatoms. The van der Waals surface area contributed by atoms with Crippen LogP contribution in [0.5, 0.6) is 0 Å². The number of ether oxygens (including phenoxy) is 1. The Bertz CT molecular complexity index is 899. The fraction of sp³-hybridized carbons (Fsp3) is 0.444. The van der Waals surface area contributed by atoms with E-state index < -0.39 is 0 Å². The van der Waals surface area contributed by atoms with Crippen molar-refractivity contribution in [2.24, 2.45) is 5.41 Å². The number of rotatable bonds is 4. The lowest BCUT2D eigenvalue weighted by atomic mass is 9.79. The molecule has 2 aromatic carbocycles. The molecule has 0 amide bonds. The van der Waals surface area contributed by atoms with E-state index in [1.54, 1.807) is 11.1 Å². The van der Waals surface area contributed by atoms with Gasteiger partial charge in [0, 0.05) is 0 Å². The summed E-state index contributed by atoms with van der Waals surface area (Å²) in [5.74, 6) is -0.259. The summed E-state index contributed by atoms with van der Waals surface area (Å²) in [7, 11) is 0. The van der Waals surface area contributed by atoms with E-state index in [0.29, 0.717) is 17.6 Å². The molecule has 0 aromatic heterocycles. The van der Waals surface area contributed by atoms with Crippen LogP contribution in [0.25, 0.3) is 11.6 Å². The Balaban J connectivity index is 1.50. The fourth-order valence-corrected chi connectivity index (χ4v) is 5.16. The Kier molecular flexibility index (Phi) is 5.89. The summed E-state index contributed by atoms with van der Waals surface area (Å²) in [5, 5.41) is 0. The van der Waals surface area contributed by atoms with Crippen molar-refractivity contribution in [3.05, 3.63) is 70.3 Å². The summed E-state index contributed by atoms with van der Waals surface area (Å²) in [6, 6.07) is 14.7. The van der Waals surface area contributed by atoms with E-state index in [4.69, 9.17) is 4.74 Å². The van der Waals surface area contributed by atoms with Crippen LogP contribution >= 0.6 is 0 Å². The predicted octanol–water partition coefficient (Wildman–Crippen LogP) is 6.86. The maximum Gasteiger partial charge on any atom is 0.338 e. The maximum atomic E-state index is 11.8. The minimum Gasteiger partial charge on any atom is -0.462 e. The van der Waals surface area contributed by atoms with Gasteiger partial charge in [-0.05, 0) is 97.7 Å². The summed E-state index contributed by atoms with van der Waals surface area (Å²) >= 11 is 0. The highest BCUT2D eigenvalue weighted by Crippen LogP contribution is 2.47. The van der Waals surface area contributed by atoms with Crippen LogP contribution in [0.15, 0.2) is 42.5 Å². The van der Waals surface area contributed by atoms with Gasteiger partial charge in [-0.15, -0.1) is 0 Å². The highest BCUT2D eigenvalue weighted by Gasteiger charge is 2.34. The summed E-state index contributed by atoms with van der Waals surface area (Å²) < 4.78 is 5.06. The van der Waals surface area contributed by atoms with Crippen molar-refractivity contribution in [2.45, 2.75) is 65.2 Å². The quantitative estimate of drug-likeness (QED) is 0.422. The first-order valence-corrected chi connectivity index (χ1v) is 11.2. The van der Waals surface area contributed by atoms with E-state index in [9.17, 15) is 4.79 Å². The molecule has 0 N–H and O–H groups in total. The second-order valence-corrected chi connectivity index (χ2v) is 8.86. The SMILES string of the molecule is CCOC(=O)c1ccc(C=C(C)c2ccc3c(c2)CCC2(CCCC2)CC3)cc1. The number of allylic oxidation sites excluding steroid dienone is 1. The molecule has 4 rings (SSSR count). The lowest BCUT2D eigenvalue weighted by Crippen LogP contribution is -2.16. The van der Waals surface area contributed by atoms with Crippen LogP contribution in [-0.2, 0) is 17.6 Å². The molecule has 1 saturated carbocycles. The van der Waals surface area contributed by atoms with Crippen LogP contribution in [0, 0.1) is 5.41 Å². The third kappa shape index (κ3) is 4.47. The molecule has 29 heavy (non-hydrogen) atoms. The molecule has 0 unspecified atom stereocenters. The highest BCUT2D eigenvalue weighted by molar-refractivity contribution is 5.90. The summed E-state index contributed by atoms with van der Waals surface area (Å²) in [6.07, 6.45) is 13.1. The van der Waals surface area contributed by atoms with Gasteiger partial charge in [-0.25, -0.2) is 4.79 Å². The van der Waals surface area contributed by atoms with E-state index in [1.165, 1.54) is 62.5 Å². The van der Waals surface area contributed by atoms with Gasteiger partial charge in [0.1, 0.15) is 0 Å². The third-order valence-electron chi connectivity index (χ3n) is 6.98. The number of aryl methyl sites for hydroxylation is 2. The fourth-order valence-electron chi connectivity index (χ4n) is 5.16. The lowest BCUT2D eigenvalue weighted by Gasteiger charge is -2.26. The molecule has 2 aromatic rings. The van der Waals surface area contributed by atoms with E-state index in [-0.39, 0.29) is 5.97 Å². The second kappa shape index (κ2) is 8.57. The van der Waals surface area contributed by atoms with E-state index in [1.807, 2.05) is 31.2 Å². The molecule has 2 nitrogen and oxygen atoms in total. The molecule has 2 aliphatic rings. The Morgan fingerprint density at radius 2 is 1.59 bits per heavy atom. The monoisotopic (exact) mass is 388 g/mol. The van der Waals surface area contributed by atoms with Crippen LogP contribution in [-0.4, -0.2) is 12.6 Å². The van der Waals surface area contributed by atoms with Crippen LogP contribution in [0.4, 0.5) is 0 Å². The number of carbonyl (C=O) groups is 1. The van der Waals surface area contributed by atoms with Crippen LogP contribution in [0.2, 0.25) is 0 Å². The summed E-state index contributed by atoms with van der Waals surface area (Å²) in [6.45, 7) is 4.40. The van der Waals surface area contributed by atoms with Gasteiger partial charge in [0.05, 0.1) is 12.2 Å². The number of hydrogen-bond acceptors (Lipinski definition) is 2. The Hall–Kier alpha value is -2.35. The number of benzene rings is 2. The zero-order valence-corrected chi connectivity index (χ0v) is 17.8. The third-order valence-corrected chi connectivity index (χ3v) is 6.98. The number of carbonyl (C=O) groups excluding carboxylic acids is 1. The Morgan fingerprint density at radius 1 is 0.931 bits per heavy atom. The first kappa shape index (κ1) is 19.9. The van der Waals surface area contributed by atoms with Crippen molar-refractivity contribution in [2.75, 3.05) is 6.61 Å². The second-order valence-electron chi connectivity index (χ2n) is 8.86. The smallest absolute Gasteiger partial charge is 0.338 e. The number of fused-ring (bicyclic) bond motifs is 1. The van der Waals surface area contributed by atoms with Crippen LogP contribution in [0.3, 0.4) is 0 Å². The Morgan fingerprint density at radius 3 is 2.28 bits per heavy atom. The summed E-state index contributed by atoms with van der Waals surface area (Å²) in [5.41, 5.74) is 8.02. The molecule has 152 valence electrons. The minimum atomic E-state index is -0.259. The zero-order valence-electron chi connectivity index (χ0n) is 17.8. The zero-order chi connectivity index (χ0) is 20.3. The van der Waals surface area contributed by atoms with Gasteiger partial charge in [0.25, 0.3) is 0 Å². The van der Waals surface area contributed by atoms with E-state index >= 15 is 0 Å². The van der Waals surface area contributed by atoms with Crippen molar-refractivity contribution in [3.63, 3.8) is 0 Å². The minimum absolute atomic E-state index is 0.259. The van der Waals surface area contributed by atoms with E-state index in [0.717, 1.165) is 5.56 Å². The molecule has 0 saturated heterocycles. The highest BCUT2D eigenvalue weighted by atomic mass is 16.5. The molecular weight excluding hydrogens is 356 g/mol. The molecule has 1 spiro atoms. The van der Waals surface area contributed by atoms with E-state index in [2.05, 4.69) is 31.2 Å². The Labute approximate surface area is 175 Å². The van der Waals surface area contributed by atoms with Crippen molar-refractivity contribution >= 4 is 17.6 Å². The van der Waals surface area contributed by atoms with Gasteiger partial charge in [-0.2, -0.15) is 0 Å². The van der Waals surface area contributed by atoms with Crippen LogP contribution < -0.4 is 0 Å². The predicted molar refractivity (Wildman–Crippen MR) is 120 cm³/mol. The lowest BCUT2D eigenvalue weighted by molar-refractivity contribution is 0.0526. The topological polar surface area (TPSA) is 26.3 Å². The van der Waals surface area contributed by atoms with Gasteiger partial charge in [0.2, 0.25) is 0 Å². The average Bonchev–Trinajstić information content (AvgIpc) is 3.12. The first-order valence-electron chi connectivity index (χ1n) is 11.2. The van der Waals surface area contributed by atoms with Gasteiger partial charge in [-0.3, -0.25) is 0 Å². The van der Waals surface area contributed by atoms with Gasteiger partial charge in [-0.1, -0.05) is 49.2 Å². The normalized spacial score (nSPS) is 18.3. The average molecular weight is 389 g/mol. The molecule has 1 fully saturated rings. The molecular formula is C27H32O2. The van der Waals surface area contributed by atoms with Crippen molar-refractivity contribution in [3.8, 4) is 0 Å². The number of esters is 1. The van der Waals surface area contributed by atoms with Gasteiger partial charge >= 0.3 is 5.97 Å². The molecule has 0 radical (unpaired) electrons. The summed E-state index contributed by atoms with van der Waals surface area (Å²) in [4.78, 5) is 11.8. The molecule has 0 aliphatic heterocycles.